The van der Waals surface area contributed by atoms with Crippen molar-refractivity contribution in [2.75, 3.05) is 5.73 Å². The highest BCUT2D eigenvalue weighted by atomic mass is 15.3. The number of hydrogen-bond acceptors (Lipinski definition) is 6. The van der Waals surface area contributed by atoms with Crippen LogP contribution in [0.2, 0.25) is 0 Å². The lowest BCUT2D eigenvalue weighted by Gasteiger charge is -2.13. The molecule has 0 saturated carbocycles. The van der Waals surface area contributed by atoms with Gasteiger partial charge in [0.1, 0.15) is 5.52 Å². The van der Waals surface area contributed by atoms with Gasteiger partial charge in [-0.3, -0.25) is 14.3 Å². The first-order valence-electron chi connectivity index (χ1n) is 10.3. The zero-order valence-electron chi connectivity index (χ0n) is 17.5. The van der Waals surface area contributed by atoms with Crippen molar-refractivity contribution in [3.8, 4) is 28.6 Å². The fourth-order valence-electron chi connectivity index (χ4n) is 3.89. The van der Waals surface area contributed by atoms with Crippen molar-refractivity contribution < 1.29 is 0 Å². The van der Waals surface area contributed by atoms with E-state index in [1.807, 2.05) is 64.9 Å². The first kappa shape index (κ1) is 19.5. The molecule has 0 spiro atoms. The third-order valence-corrected chi connectivity index (χ3v) is 5.33. The number of pyridine rings is 2. The molecule has 156 valence electrons. The van der Waals surface area contributed by atoms with Crippen LogP contribution in [-0.2, 0) is 13.1 Å². The van der Waals surface area contributed by atoms with Gasteiger partial charge in [0.25, 0.3) is 0 Å². The molecule has 2 N–H and O–H groups in total. The summed E-state index contributed by atoms with van der Waals surface area (Å²) in [5.41, 5.74) is 11.8. The van der Waals surface area contributed by atoms with E-state index in [4.69, 9.17) is 15.8 Å². The average Bonchev–Trinajstić information content (AvgIpc) is 3.47. The van der Waals surface area contributed by atoms with Gasteiger partial charge in [-0.25, -0.2) is 4.98 Å². The third kappa shape index (κ3) is 3.36. The van der Waals surface area contributed by atoms with Crippen LogP contribution in [0.25, 0.3) is 33.4 Å². The van der Waals surface area contributed by atoms with Crippen LogP contribution in [0.15, 0.2) is 67.1 Å². The second-order valence-electron chi connectivity index (χ2n) is 7.36. The van der Waals surface area contributed by atoms with Crippen molar-refractivity contribution in [2.24, 2.45) is 0 Å². The monoisotopic (exact) mass is 420 g/mol. The van der Waals surface area contributed by atoms with Crippen molar-refractivity contribution in [1.29, 1.82) is 5.26 Å². The molecule has 4 aromatic heterocycles. The Balaban J connectivity index is 1.78. The zero-order valence-corrected chi connectivity index (χ0v) is 17.5. The van der Waals surface area contributed by atoms with Gasteiger partial charge < -0.3 is 5.73 Å². The molecule has 5 rings (SSSR count). The Kier molecular flexibility index (Phi) is 4.84. The Labute approximate surface area is 184 Å². The standard InChI is InChI=1S/C24H20N8/c1-2-32-20(9-11-28-32)21-19-15-31(14-18-8-3-4-10-27-18)30-23(19)24(26)29-22(21)17-7-5-6-16(12-17)13-25/h3-12,15H,2,14H2,1H3,(H2,26,29). The van der Waals surface area contributed by atoms with Crippen LogP contribution in [0, 0.1) is 11.3 Å². The van der Waals surface area contributed by atoms with E-state index in [9.17, 15) is 5.26 Å². The van der Waals surface area contributed by atoms with Gasteiger partial charge in [-0.2, -0.15) is 15.5 Å². The molecule has 0 bridgehead atoms. The summed E-state index contributed by atoms with van der Waals surface area (Å²) in [5, 5.41) is 19.4. The van der Waals surface area contributed by atoms with Crippen molar-refractivity contribution in [3.63, 3.8) is 0 Å². The van der Waals surface area contributed by atoms with Crippen LogP contribution in [0.5, 0.6) is 0 Å². The molecule has 0 atom stereocenters. The molecule has 0 amide bonds. The second kappa shape index (κ2) is 7.96. The van der Waals surface area contributed by atoms with Crippen molar-refractivity contribution in [2.45, 2.75) is 20.0 Å². The predicted molar refractivity (Wildman–Crippen MR) is 122 cm³/mol. The normalized spacial score (nSPS) is 11.0. The molecule has 0 unspecified atom stereocenters. The molecule has 8 heteroatoms. The summed E-state index contributed by atoms with van der Waals surface area (Å²) in [6.07, 6.45) is 5.51. The molecule has 0 saturated heterocycles. The minimum atomic E-state index is 0.337. The van der Waals surface area contributed by atoms with Gasteiger partial charge in [0, 0.05) is 41.6 Å². The summed E-state index contributed by atoms with van der Waals surface area (Å²) in [6, 6.07) is 17.3. The number of fused-ring (bicyclic) bond motifs is 1. The van der Waals surface area contributed by atoms with Crippen LogP contribution < -0.4 is 5.73 Å². The topological polar surface area (TPSA) is 111 Å². The Morgan fingerprint density at radius 1 is 1.09 bits per heavy atom. The lowest BCUT2D eigenvalue weighted by Crippen LogP contribution is -2.03. The van der Waals surface area contributed by atoms with E-state index < -0.39 is 0 Å². The van der Waals surface area contributed by atoms with Gasteiger partial charge in [-0.1, -0.05) is 18.2 Å². The molecule has 1 aromatic carbocycles. The van der Waals surface area contributed by atoms with E-state index in [2.05, 4.69) is 16.2 Å². The summed E-state index contributed by atoms with van der Waals surface area (Å²) in [7, 11) is 0. The predicted octanol–water partition coefficient (Wildman–Crippen LogP) is 3.88. The van der Waals surface area contributed by atoms with Crippen LogP contribution in [0.4, 0.5) is 5.82 Å². The number of aryl methyl sites for hydroxylation is 1. The van der Waals surface area contributed by atoms with Gasteiger partial charge in [0.05, 0.1) is 35.3 Å². The Morgan fingerprint density at radius 2 is 2.00 bits per heavy atom. The maximum Gasteiger partial charge on any atom is 0.152 e. The highest BCUT2D eigenvalue weighted by Crippen LogP contribution is 2.38. The molecule has 0 aliphatic rings. The highest BCUT2D eigenvalue weighted by Gasteiger charge is 2.21. The Bertz CT molecular complexity index is 1460. The SMILES string of the molecule is CCn1nccc1-c1c(-c2cccc(C#N)c2)nc(N)c2nn(Cc3ccccn3)cc12. The summed E-state index contributed by atoms with van der Waals surface area (Å²) in [6.45, 7) is 3.26. The molecular formula is C24H20N8. The fourth-order valence-corrected chi connectivity index (χ4v) is 3.89. The van der Waals surface area contributed by atoms with Crippen LogP contribution >= 0.6 is 0 Å². The van der Waals surface area contributed by atoms with E-state index >= 15 is 0 Å². The average molecular weight is 420 g/mol. The maximum atomic E-state index is 9.39. The Hall–Kier alpha value is -4.51. The van der Waals surface area contributed by atoms with Gasteiger partial charge in [0.15, 0.2) is 5.82 Å². The van der Waals surface area contributed by atoms with E-state index in [-0.39, 0.29) is 0 Å². The molecule has 8 nitrogen and oxygen atoms in total. The minimum Gasteiger partial charge on any atom is -0.382 e. The maximum absolute atomic E-state index is 9.39. The lowest BCUT2D eigenvalue weighted by atomic mass is 9.98. The van der Waals surface area contributed by atoms with Crippen LogP contribution in [0.3, 0.4) is 0 Å². The smallest absolute Gasteiger partial charge is 0.152 e. The number of nitriles is 1. The number of nitrogens with zero attached hydrogens (tertiary/aromatic N) is 7. The molecular weight excluding hydrogens is 400 g/mol. The fraction of sp³-hybridized carbons (Fsp3) is 0.125. The summed E-state index contributed by atoms with van der Waals surface area (Å²) < 4.78 is 3.75. The number of benzene rings is 1. The molecule has 5 aromatic rings. The van der Waals surface area contributed by atoms with Crippen molar-refractivity contribution in [1.82, 2.24) is 29.5 Å². The molecule has 32 heavy (non-hydrogen) atoms. The van der Waals surface area contributed by atoms with E-state index in [1.165, 1.54) is 0 Å². The summed E-state index contributed by atoms with van der Waals surface area (Å²) in [5.74, 6) is 0.337. The summed E-state index contributed by atoms with van der Waals surface area (Å²) >= 11 is 0. The van der Waals surface area contributed by atoms with E-state index in [0.29, 0.717) is 35.7 Å². The van der Waals surface area contributed by atoms with Crippen molar-refractivity contribution in [3.05, 3.63) is 78.4 Å². The van der Waals surface area contributed by atoms with Crippen LogP contribution in [-0.4, -0.2) is 29.5 Å². The third-order valence-electron chi connectivity index (χ3n) is 5.33. The molecule has 0 radical (unpaired) electrons. The minimum absolute atomic E-state index is 0.337. The van der Waals surface area contributed by atoms with Crippen LogP contribution in [0.1, 0.15) is 18.2 Å². The summed E-state index contributed by atoms with van der Waals surface area (Å²) in [4.78, 5) is 9.13. The largest absolute Gasteiger partial charge is 0.382 e. The molecule has 0 aliphatic carbocycles. The number of aromatic nitrogens is 6. The number of hydrogen-bond donors (Lipinski definition) is 1. The van der Waals surface area contributed by atoms with Gasteiger partial charge in [-0.15, -0.1) is 0 Å². The molecule has 0 fully saturated rings. The Morgan fingerprint density at radius 3 is 2.78 bits per heavy atom. The number of anilines is 1. The first-order chi connectivity index (χ1) is 15.7. The van der Waals surface area contributed by atoms with Gasteiger partial charge >= 0.3 is 0 Å². The first-order valence-corrected chi connectivity index (χ1v) is 10.3. The number of nitrogens with two attached hydrogens (primary N) is 1. The van der Waals surface area contributed by atoms with E-state index in [1.54, 1.807) is 18.5 Å². The second-order valence-corrected chi connectivity index (χ2v) is 7.36. The lowest BCUT2D eigenvalue weighted by molar-refractivity contribution is 0.667. The molecule has 4 heterocycles. The van der Waals surface area contributed by atoms with E-state index in [0.717, 1.165) is 27.9 Å². The quantitative estimate of drug-likeness (QED) is 0.462. The van der Waals surface area contributed by atoms with Crippen molar-refractivity contribution >= 4 is 16.7 Å². The highest BCUT2D eigenvalue weighted by molar-refractivity contribution is 6.04. The van der Waals surface area contributed by atoms with Gasteiger partial charge in [-0.05, 0) is 37.3 Å². The molecule has 0 aliphatic heterocycles. The number of rotatable bonds is 5. The zero-order chi connectivity index (χ0) is 22.1. The van der Waals surface area contributed by atoms with Gasteiger partial charge in [0.2, 0.25) is 0 Å². The number of nitrogen functional groups attached to an aromatic ring is 1.